The van der Waals surface area contributed by atoms with Crippen LogP contribution in [0.1, 0.15) is 118 Å². The molecule has 325 valence electrons. The standard InChI is InChI=1S/2C25H23.C6H11BN2O2.2ClH.Hf/c2*1-2-3-10-20-13-7-8-15-23(20)24-16-9-14-21-17-22(18-25(21)24)19-11-5-4-6-12-19;1-3-5(10)8-7-9-6(11)4-2;;;/h2*4-9,11-18H,2-3,10H2,1H3;3-4H2,1-2H3,(H-,8,9,10,11);2*1H;/q;;;;;+1/p-1. The van der Waals surface area contributed by atoms with Crippen LogP contribution in [0.15, 0.2) is 146 Å². The van der Waals surface area contributed by atoms with Crippen molar-refractivity contribution in [1.29, 1.82) is 0 Å². The van der Waals surface area contributed by atoms with Crippen LogP contribution >= 0.6 is 17.2 Å². The Bertz CT molecular complexity index is 2550. The van der Waals surface area contributed by atoms with Crippen LogP contribution in [-0.2, 0) is 38.3 Å². The van der Waals surface area contributed by atoms with E-state index >= 15 is 0 Å². The number of carbonyl (C=O) groups is 2. The summed E-state index contributed by atoms with van der Waals surface area (Å²) in [6.07, 6.45) is 11.3. The molecule has 2 aliphatic rings. The molecule has 0 radical (unpaired) electrons. The van der Waals surface area contributed by atoms with Gasteiger partial charge in [-0.2, -0.15) is 0 Å². The zero-order valence-corrected chi connectivity index (χ0v) is 42.6. The fraction of sp³-hybridized carbons (Fsp3) is 0.250. The Morgan fingerprint density at radius 3 is 1.27 bits per heavy atom. The Morgan fingerprint density at radius 2 is 0.875 bits per heavy atom. The quantitative estimate of drug-likeness (QED) is 0.0895. The number of amides is 2. The normalized spacial score (nSPS) is 15.9. The third kappa shape index (κ3) is 8.59. The van der Waals surface area contributed by atoms with Gasteiger partial charge in [0.1, 0.15) is 0 Å². The first kappa shape index (κ1) is 45.8. The fourth-order valence-corrected chi connectivity index (χ4v) is 38.7. The Hall–Kier alpha value is -4.74. The van der Waals surface area contributed by atoms with Gasteiger partial charge in [0, 0.05) is 0 Å². The number of unbranched alkanes of at least 4 members (excludes halogenated alkanes) is 2. The van der Waals surface area contributed by atoms with Crippen molar-refractivity contribution in [3.63, 3.8) is 0 Å². The number of hydrogen-bond donors (Lipinski definition) is 2. The van der Waals surface area contributed by atoms with E-state index in [0.717, 1.165) is 94.2 Å². The van der Waals surface area contributed by atoms with E-state index in [-0.39, 0.29) is 24.7 Å². The second-order valence-electron chi connectivity index (χ2n) is 17.4. The van der Waals surface area contributed by atoms with Gasteiger partial charge in [0.2, 0.25) is 0 Å². The van der Waals surface area contributed by atoms with Gasteiger partial charge in [0.25, 0.3) is 0 Å². The molecular weight excluding hydrogens is 993 g/mol. The number of hydrogen-bond acceptors (Lipinski definition) is 2. The molecule has 2 atom stereocenters. The van der Waals surface area contributed by atoms with Crippen molar-refractivity contribution >= 4 is 56.8 Å². The predicted molar refractivity (Wildman–Crippen MR) is 269 cm³/mol. The van der Waals surface area contributed by atoms with Crippen LogP contribution in [0.2, 0.25) is 0 Å². The minimum atomic E-state index is -6.53. The molecular formula is C56H58BCl2HfN2O2. The predicted octanol–water partition coefficient (Wildman–Crippen LogP) is 14.6. The summed E-state index contributed by atoms with van der Waals surface area (Å²) >= 11 is -6.53. The van der Waals surface area contributed by atoms with Crippen LogP contribution in [-0.4, -0.2) is 16.4 Å². The maximum absolute atomic E-state index is 14.1. The molecule has 64 heavy (non-hydrogen) atoms. The molecule has 0 bridgehead atoms. The van der Waals surface area contributed by atoms with Crippen LogP contribution in [0, 0.1) is 0 Å². The molecule has 8 rings (SSSR count). The molecule has 0 saturated carbocycles. The van der Waals surface area contributed by atoms with Gasteiger partial charge in [0.05, 0.1) is 0 Å². The van der Waals surface area contributed by atoms with Crippen molar-refractivity contribution < 1.29 is 25.5 Å². The molecule has 6 aromatic carbocycles. The van der Waals surface area contributed by atoms with Gasteiger partial charge in [-0.3, -0.25) is 0 Å². The molecule has 6 aromatic rings. The Kier molecular flexibility index (Phi) is 14.2. The average Bonchev–Trinajstić information content (AvgIpc) is 3.95. The van der Waals surface area contributed by atoms with E-state index in [9.17, 15) is 26.7 Å². The van der Waals surface area contributed by atoms with Crippen LogP contribution in [0.25, 0.3) is 45.6 Å². The van der Waals surface area contributed by atoms with Gasteiger partial charge < -0.3 is 0 Å². The molecule has 8 heteroatoms. The number of rotatable bonds is 17. The Balaban J connectivity index is 1.48. The fourth-order valence-electron chi connectivity index (χ4n) is 10.3. The number of fused-ring (bicyclic) bond motifs is 2. The first-order valence-electron chi connectivity index (χ1n) is 23.2. The van der Waals surface area contributed by atoms with E-state index in [2.05, 4.69) is 170 Å². The van der Waals surface area contributed by atoms with Crippen molar-refractivity contribution in [3.8, 4) is 22.3 Å². The number of allylic oxidation sites excluding steroid dienone is 2. The molecule has 2 N–H and O–H groups in total. The van der Waals surface area contributed by atoms with Crippen LogP contribution in [0.4, 0.5) is 0 Å². The molecule has 2 amide bonds. The van der Waals surface area contributed by atoms with E-state index in [1.54, 1.807) is 0 Å². The van der Waals surface area contributed by atoms with Crippen molar-refractivity contribution in [1.82, 2.24) is 10.5 Å². The number of aryl methyl sites for hydroxylation is 2. The van der Waals surface area contributed by atoms with E-state index in [0.29, 0.717) is 0 Å². The minimum absolute atomic E-state index is 0.196. The van der Waals surface area contributed by atoms with Gasteiger partial charge in [-0.1, -0.05) is 0 Å². The zero-order chi connectivity index (χ0) is 44.9. The first-order valence-corrected chi connectivity index (χ1v) is 38.4. The number of halogens is 2. The van der Waals surface area contributed by atoms with Crippen LogP contribution < -0.4 is 10.5 Å². The van der Waals surface area contributed by atoms with Gasteiger partial charge in [0.15, 0.2) is 0 Å². The molecule has 4 nitrogen and oxygen atoms in total. The van der Waals surface area contributed by atoms with Gasteiger partial charge in [-0.05, 0) is 0 Å². The van der Waals surface area contributed by atoms with E-state index < -0.39 is 27.8 Å². The summed E-state index contributed by atoms with van der Waals surface area (Å²) in [6, 6.07) is 51.4. The Morgan fingerprint density at radius 1 is 0.500 bits per heavy atom. The van der Waals surface area contributed by atoms with Gasteiger partial charge in [-0.25, -0.2) is 0 Å². The molecule has 0 aromatic heterocycles. The van der Waals surface area contributed by atoms with Crippen molar-refractivity contribution in [2.45, 2.75) is 86.4 Å². The summed E-state index contributed by atoms with van der Waals surface area (Å²) in [5.74, 6) is -0.454. The number of benzene rings is 6. The topological polar surface area (TPSA) is 58.2 Å². The molecule has 2 aliphatic carbocycles. The molecule has 0 heterocycles. The maximum atomic E-state index is 14.1. The van der Waals surface area contributed by atoms with Crippen molar-refractivity contribution in [2.24, 2.45) is 0 Å². The Labute approximate surface area is 388 Å². The van der Waals surface area contributed by atoms with Gasteiger partial charge >= 0.3 is 392 Å². The number of carbonyl (C=O) groups excluding carboxylic acids is 2. The summed E-state index contributed by atoms with van der Waals surface area (Å²) < 4.78 is -2.18. The summed E-state index contributed by atoms with van der Waals surface area (Å²) in [6.45, 7) is 8.11. The SMILES string of the molecule is CCCCc1ccccc1-c1cccc2c1C=C(c1ccccc1)[CH]2[Hf]([Cl])([Cl])([B](NC(=O)CC)NC(=O)CC)[CH]1C(c2ccccc2)=Cc2c(-c3ccccc3CCCC)cccc21. The van der Waals surface area contributed by atoms with E-state index in [1.807, 2.05) is 26.0 Å². The van der Waals surface area contributed by atoms with E-state index in [1.165, 1.54) is 22.3 Å². The van der Waals surface area contributed by atoms with Gasteiger partial charge in [-0.15, -0.1) is 0 Å². The van der Waals surface area contributed by atoms with Crippen LogP contribution in [0.5, 0.6) is 0 Å². The molecule has 0 saturated heterocycles. The zero-order valence-electron chi connectivity index (χ0n) is 37.5. The second-order valence-corrected chi connectivity index (χ2v) is 47.9. The van der Waals surface area contributed by atoms with E-state index in [4.69, 9.17) is 0 Å². The van der Waals surface area contributed by atoms with Crippen molar-refractivity contribution in [3.05, 3.63) is 190 Å². The number of nitrogens with one attached hydrogen (secondary N) is 2. The summed E-state index contributed by atoms with van der Waals surface area (Å²) in [4.78, 5) is 28.1. The second kappa shape index (κ2) is 19.8. The summed E-state index contributed by atoms with van der Waals surface area (Å²) in [5, 5.41) is 6.68. The molecule has 0 spiro atoms. The molecule has 0 aliphatic heterocycles. The monoisotopic (exact) mass is 1050 g/mol. The summed E-state index contributed by atoms with van der Waals surface area (Å²) in [7, 11) is 18.4. The molecule has 2 unspecified atom stereocenters. The average molecular weight is 1050 g/mol. The van der Waals surface area contributed by atoms with Crippen LogP contribution in [0.3, 0.4) is 0 Å². The van der Waals surface area contributed by atoms with Crippen molar-refractivity contribution in [2.75, 3.05) is 0 Å². The summed E-state index contributed by atoms with van der Waals surface area (Å²) in [5.41, 5.74) is 15.4. The first-order chi connectivity index (χ1) is 31.1. The molecule has 0 fully saturated rings. The third-order valence-electron chi connectivity index (χ3n) is 13.5. The third-order valence-corrected chi connectivity index (χ3v) is 41.6.